The molecule has 1 aromatic heterocycles. The Balaban J connectivity index is 1.23. The molecule has 8 aromatic carbocycles. The summed E-state index contributed by atoms with van der Waals surface area (Å²) in [4.78, 5) is 5.04. The number of aromatic nitrogens is 1. The Hall–Kier alpha value is -5.74. The molecule has 3 heteroatoms. The lowest BCUT2D eigenvalue weighted by Crippen LogP contribution is -1.95. The maximum atomic E-state index is 2.41. The highest BCUT2D eigenvalue weighted by Gasteiger charge is 2.23. The van der Waals surface area contributed by atoms with Crippen LogP contribution in [-0.4, -0.2) is 4.57 Å². The predicted octanol–water partition coefficient (Wildman–Crippen LogP) is 14.1. The van der Waals surface area contributed by atoms with Crippen molar-refractivity contribution in [1.29, 1.82) is 0 Å². The second-order valence-corrected chi connectivity index (χ2v) is 15.0. The van der Waals surface area contributed by atoms with Gasteiger partial charge >= 0.3 is 0 Å². The van der Waals surface area contributed by atoms with Gasteiger partial charge in [-0.2, -0.15) is 0 Å². The van der Waals surface area contributed by atoms with Crippen molar-refractivity contribution in [3.63, 3.8) is 0 Å². The quantitative estimate of drug-likeness (QED) is 0.182. The summed E-state index contributed by atoms with van der Waals surface area (Å²) >= 11 is 3.75. The molecule has 1 nitrogen and oxygen atoms in total. The lowest BCUT2D eigenvalue weighted by Gasteiger charge is -2.22. The summed E-state index contributed by atoms with van der Waals surface area (Å²) in [5, 5.41) is 2.51. The molecule has 51 heavy (non-hydrogen) atoms. The van der Waals surface area contributed by atoms with Crippen molar-refractivity contribution in [2.45, 2.75) is 19.6 Å². The first-order valence-electron chi connectivity index (χ1n) is 17.3. The van der Waals surface area contributed by atoms with E-state index in [0.29, 0.717) is 0 Å². The molecule has 2 heterocycles. The molecule has 0 N–H and O–H groups in total. The highest BCUT2D eigenvalue weighted by Crippen LogP contribution is 2.52. The van der Waals surface area contributed by atoms with E-state index >= 15 is 0 Å². The molecule has 0 saturated carbocycles. The highest BCUT2D eigenvalue weighted by atomic mass is 32.2. The topological polar surface area (TPSA) is 4.93 Å². The third-order valence-corrected chi connectivity index (χ3v) is 12.2. The van der Waals surface area contributed by atoms with Crippen molar-refractivity contribution in [2.75, 3.05) is 0 Å². The van der Waals surface area contributed by atoms with Gasteiger partial charge in [0.15, 0.2) is 0 Å². The van der Waals surface area contributed by atoms with Crippen LogP contribution >= 0.6 is 23.5 Å². The zero-order chi connectivity index (χ0) is 33.7. The van der Waals surface area contributed by atoms with Gasteiger partial charge in [-0.3, -0.25) is 0 Å². The Kier molecular flexibility index (Phi) is 7.41. The van der Waals surface area contributed by atoms with Gasteiger partial charge in [0.25, 0.3) is 0 Å². The third kappa shape index (κ3) is 5.20. The van der Waals surface area contributed by atoms with Gasteiger partial charge in [0.2, 0.25) is 0 Å². The number of para-hydroxylation sites is 2. The number of benzene rings is 8. The molecule has 1 aliphatic rings. The number of nitrogens with zero attached hydrogens (tertiary/aromatic N) is 1. The van der Waals surface area contributed by atoms with Crippen LogP contribution in [0.3, 0.4) is 0 Å². The lowest BCUT2D eigenvalue weighted by atomic mass is 9.97. The van der Waals surface area contributed by atoms with Gasteiger partial charge < -0.3 is 4.57 Å². The standard InChI is InChI=1S/C48H31NS2/c1-3-14-32(15-4-1)33-26-28-40-38-19-8-11-24-45(38)50-46-25-12-9-20-39(46)41-22-13-21-36(48(41)51-47(40)31-33)34-27-29-44-42(30-34)37-18-7-10-23-43(37)49(44)35-16-5-2-6-17-35/h1-31H. The lowest BCUT2D eigenvalue weighted by molar-refractivity contribution is 1.18. The van der Waals surface area contributed by atoms with Crippen LogP contribution in [0.15, 0.2) is 208 Å². The van der Waals surface area contributed by atoms with Crippen LogP contribution < -0.4 is 0 Å². The van der Waals surface area contributed by atoms with Gasteiger partial charge in [0.1, 0.15) is 0 Å². The summed E-state index contributed by atoms with van der Waals surface area (Å²) in [7, 11) is 0. The van der Waals surface area contributed by atoms with Gasteiger partial charge in [-0.25, -0.2) is 0 Å². The molecule has 0 fully saturated rings. The summed E-state index contributed by atoms with van der Waals surface area (Å²) in [6.45, 7) is 0. The largest absolute Gasteiger partial charge is 0.309 e. The third-order valence-electron chi connectivity index (χ3n) is 9.89. The molecular formula is C48H31NS2. The summed E-state index contributed by atoms with van der Waals surface area (Å²) in [5.41, 5.74) is 13.5. The number of hydrogen-bond donors (Lipinski definition) is 0. The SMILES string of the molecule is c1ccc(-c2ccc3c(c2)Sc2c(-c4ccc5c(c4)c4ccccc4n5-c4ccccc4)cccc2-c2ccccc2Sc2ccccc2-3)cc1. The zero-order valence-electron chi connectivity index (χ0n) is 27.7. The van der Waals surface area contributed by atoms with Gasteiger partial charge in [-0.15, -0.1) is 0 Å². The molecule has 1 aliphatic heterocycles. The molecular weight excluding hydrogens is 655 g/mol. The van der Waals surface area contributed by atoms with Gasteiger partial charge in [-0.1, -0.05) is 163 Å². The van der Waals surface area contributed by atoms with E-state index in [4.69, 9.17) is 0 Å². The summed E-state index contributed by atoms with van der Waals surface area (Å²) < 4.78 is 2.39. The monoisotopic (exact) mass is 685 g/mol. The number of rotatable bonds is 3. The van der Waals surface area contributed by atoms with Crippen LogP contribution in [0, 0.1) is 0 Å². The van der Waals surface area contributed by atoms with E-state index in [2.05, 4.69) is 193 Å². The molecule has 0 aliphatic carbocycles. The summed E-state index contributed by atoms with van der Waals surface area (Å²) in [5.74, 6) is 0. The molecule has 0 saturated heterocycles. The molecule has 0 spiro atoms. The molecule has 0 bridgehead atoms. The Labute approximate surface area is 306 Å². The predicted molar refractivity (Wildman–Crippen MR) is 217 cm³/mol. The van der Waals surface area contributed by atoms with Crippen LogP contribution in [0.25, 0.3) is 72.0 Å². The molecule has 0 amide bonds. The Morgan fingerprint density at radius 1 is 0.314 bits per heavy atom. The van der Waals surface area contributed by atoms with Crippen molar-refractivity contribution < 1.29 is 0 Å². The summed E-state index contributed by atoms with van der Waals surface area (Å²) in [6.07, 6.45) is 0. The Morgan fingerprint density at radius 2 is 0.902 bits per heavy atom. The average molecular weight is 686 g/mol. The first-order valence-corrected chi connectivity index (χ1v) is 18.9. The van der Waals surface area contributed by atoms with Crippen LogP contribution in [0.2, 0.25) is 0 Å². The highest BCUT2D eigenvalue weighted by molar-refractivity contribution is 8.00. The minimum absolute atomic E-state index is 1.17. The van der Waals surface area contributed by atoms with E-state index in [1.165, 1.54) is 91.6 Å². The minimum atomic E-state index is 1.17. The van der Waals surface area contributed by atoms with Crippen molar-refractivity contribution in [2.24, 2.45) is 0 Å². The fourth-order valence-corrected chi connectivity index (χ4v) is 9.89. The molecule has 240 valence electrons. The smallest absolute Gasteiger partial charge is 0.0541 e. The normalized spacial score (nSPS) is 12.2. The first kappa shape index (κ1) is 30.1. The van der Waals surface area contributed by atoms with E-state index in [9.17, 15) is 0 Å². The van der Waals surface area contributed by atoms with E-state index < -0.39 is 0 Å². The van der Waals surface area contributed by atoms with E-state index in [1.54, 1.807) is 0 Å². The van der Waals surface area contributed by atoms with E-state index in [-0.39, 0.29) is 0 Å². The van der Waals surface area contributed by atoms with Crippen molar-refractivity contribution in [3.05, 3.63) is 188 Å². The molecule has 10 rings (SSSR count). The minimum Gasteiger partial charge on any atom is -0.309 e. The van der Waals surface area contributed by atoms with Crippen molar-refractivity contribution in [3.8, 4) is 50.2 Å². The molecule has 0 unspecified atom stereocenters. The second-order valence-electron chi connectivity index (χ2n) is 12.9. The van der Waals surface area contributed by atoms with Gasteiger partial charge in [-0.05, 0) is 93.0 Å². The van der Waals surface area contributed by atoms with Crippen LogP contribution in [0.4, 0.5) is 0 Å². The zero-order valence-corrected chi connectivity index (χ0v) is 29.3. The number of hydrogen-bond acceptors (Lipinski definition) is 2. The first-order chi connectivity index (χ1) is 25.3. The average Bonchev–Trinajstić information content (AvgIpc) is 3.53. The summed E-state index contributed by atoms with van der Waals surface area (Å²) in [6, 6.07) is 68.8. The molecule has 0 atom stereocenters. The van der Waals surface area contributed by atoms with E-state index in [1.807, 2.05) is 23.5 Å². The Bertz CT molecular complexity index is 2740. The van der Waals surface area contributed by atoms with Gasteiger partial charge in [0, 0.05) is 36.0 Å². The van der Waals surface area contributed by atoms with Crippen LogP contribution in [-0.2, 0) is 0 Å². The fourth-order valence-electron chi connectivity index (χ4n) is 7.51. The second kappa shape index (κ2) is 12.5. The van der Waals surface area contributed by atoms with Crippen molar-refractivity contribution >= 4 is 45.3 Å². The van der Waals surface area contributed by atoms with E-state index in [0.717, 1.165) is 0 Å². The number of fused-ring (bicyclic) bond motifs is 9. The maximum Gasteiger partial charge on any atom is 0.0541 e. The maximum absolute atomic E-state index is 2.41. The fraction of sp³-hybridized carbons (Fsp3) is 0. The van der Waals surface area contributed by atoms with Gasteiger partial charge in [0.05, 0.1) is 11.0 Å². The Morgan fingerprint density at radius 3 is 1.71 bits per heavy atom. The van der Waals surface area contributed by atoms with Crippen molar-refractivity contribution in [1.82, 2.24) is 4.57 Å². The van der Waals surface area contributed by atoms with Crippen LogP contribution in [0.1, 0.15) is 0 Å². The van der Waals surface area contributed by atoms with Crippen LogP contribution in [0.5, 0.6) is 0 Å². The molecule has 0 radical (unpaired) electrons. The molecule has 9 aromatic rings.